The number of benzene rings is 1. The van der Waals surface area contributed by atoms with Crippen LogP contribution in [0.15, 0.2) is 35.4 Å². The Hall–Kier alpha value is -4.04. The number of aryl methyl sites for hydroxylation is 4. The van der Waals surface area contributed by atoms with Crippen LogP contribution in [0.25, 0.3) is 15.9 Å². The van der Waals surface area contributed by atoms with Crippen LogP contribution in [0.3, 0.4) is 0 Å². The summed E-state index contributed by atoms with van der Waals surface area (Å²) in [6.45, 7) is 4.48. The number of hydrogen-bond acceptors (Lipinski definition) is 7. The van der Waals surface area contributed by atoms with Crippen LogP contribution in [0.4, 0.5) is 10.2 Å². The molecule has 0 saturated heterocycles. The van der Waals surface area contributed by atoms with Crippen LogP contribution >= 0.6 is 11.3 Å². The first-order valence-corrected chi connectivity index (χ1v) is 11.9. The van der Waals surface area contributed by atoms with Gasteiger partial charge in [-0.3, -0.25) is 14.2 Å². The molecule has 0 bridgehead atoms. The number of nitrogens with one attached hydrogen (secondary N) is 1. The molecule has 3 heterocycles. The fourth-order valence-corrected chi connectivity index (χ4v) is 4.76. The Morgan fingerprint density at radius 1 is 1.29 bits per heavy atom. The van der Waals surface area contributed by atoms with Crippen molar-refractivity contribution in [1.29, 1.82) is 5.26 Å². The van der Waals surface area contributed by atoms with Gasteiger partial charge in [0.05, 0.1) is 23.1 Å². The summed E-state index contributed by atoms with van der Waals surface area (Å²) in [5.41, 5.74) is 8.19. The number of carbonyl (C=O) groups is 1. The minimum Gasteiger partial charge on any atom is -0.382 e. The van der Waals surface area contributed by atoms with Gasteiger partial charge in [0.15, 0.2) is 0 Å². The summed E-state index contributed by atoms with van der Waals surface area (Å²) in [5, 5.41) is 17.3. The first-order chi connectivity index (χ1) is 16.8. The van der Waals surface area contributed by atoms with E-state index < -0.39 is 0 Å². The average Bonchev–Trinajstić information content (AvgIpc) is 3.32. The average molecular weight is 494 g/mol. The van der Waals surface area contributed by atoms with E-state index in [4.69, 9.17) is 5.73 Å². The highest BCUT2D eigenvalue weighted by Crippen LogP contribution is 2.25. The third-order valence-corrected chi connectivity index (χ3v) is 6.94. The van der Waals surface area contributed by atoms with E-state index in [1.165, 1.54) is 51.2 Å². The van der Waals surface area contributed by atoms with Crippen molar-refractivity contribution in [3.05, 3.63) is 68.5 Å². The van der Waals surface area contributed by atoms with E-state index in [1.807, 2.05) is 13.8 Å². The lowest BCUT2D eigenvalue weighted by Gasteiger charge is -2.07. The molecule has 35 heavy (non-hydrogen) atoms. The first kappa shape index (κ1) is 24.1. The molecule has 0 aliphatic heterocycles. The molecule has 9 nitrogen and oxygen atoms in total. The normalized spacial score (nSPS) is 11.0. The van der Waals surface area contributed by atoms with E-state index >= 15 is 0 Å². The molecule has 1 aromatic carbocycles. The van der Waals surface area contributed by atoms with Crippen molar-refractivity contribution < 1.29 is 9.18 Å². The van der Waals surface area contributed by atoms with E-state index in [9.17, 15) is 19.2 Å². The number of nitrogen functional groups attached to an aromatic ring is 1. The molecule has 0 radical (unpaired) electrons. The van der Waals surface area contributed by atoms with Crippen LogP contribution in [-0.4, -0.2) is 31.8 Å². The second-order valence-corrected chi connectivity index (χ2v) is 9.32. The number of rotatable bonds is 8. The van der Waals surface area contributed by atoms with Gasteiger partial charge in [0.25, 0.3) is 5.56 Å². The number of aromatic nitrogens is 4. The predicted molar refractivity (Wildman–Crippen MR) is 132 cm³/mol. The molecular weight excluding hydrogens is 469 g/mol. The van der Waals surface area contributed by atoms with Gasteiger partial charge in [0.2, 0.25) is 5.91 Å². The Morgan fingerprint density at radius 2 is 2.03 bits per heavy atom. The van der Waals surface area contributed by atoms with Gasteiger partial charge in [-0.15, -0.1) is 11.3 Å². The number of fused-ring (bicyclic) bond motifs is 1. The Morgan fingerprint density at radius 3 is 2.74 bits per heavy atom. The molecule has 1 amide bonds. The maximum absolute atomic E-state index is 13.2. The van der Waals surface area contributed by atoms with Crippen LogP contribution in [-0.2, 0) is 17.8 Å². The lowest BCUT2D eigenvalue weighted by atomic mass is 10.1. The van der Waals surface area contributed by atoms with Crippen molar-refractivity contribution in [3.8, 4) is 11.8 Å². The second-order valence-electron chi connectivity index (χ2n) is 8.12. The molecule has 0 unspecified atom stereocenters. The van der Waals surface area contributed by atoms with E-state index in [0.29, 0.717) is 41.0 Å². The number of amides is 1. The first-order valence-electron chi connectivity index (χ1n) is 11.1. The van der Waals surface area contributed by atoms with E-state index in [0.717, 1.165) is 10.4 Å². The van der Waals surface area contributed by atoms with Crippen molar-refractivity contribution >= 4 is 33.3 Å². The highest BCUT2D eigenvalue weighted by atomic mass is 32.1. The summed E-state index contributed by atoms with van der Waals surface area (Å²) in [7, 11) is 0. The maximum atomic E-state index is 13.2. The molecule has 0 atom stereocenters. The van der Waals surface area contributed by atoms with Gasteiger partial charge in [-0.2, -0.15) is 10.4 Å². The molecule has 0 saturated carbocycles. The van der Waals surface area contributed by atoms with Gasteiger partial charge in [-0.25, -0.2) is 14.1 Å². The molecule has 3 N–H and O–H groups in total. The number of halogens is 1. The van der Waals surface area contributed by atoms with E-state index in [-0.39, 0.29) is 41.6 Å². The van der Waals surface area contributed by atoms with Gasteiger partial charge in [0.1, 0.15) is 28.1 Å². The maximum Gasteiger partial charge on any atom is 0.262 e. The summed E-state index contributed by atoms with van der Waals surface area (Å²) in [6.07, 6.45) is 2.60. The van der Waals surface area contributed by atoms with Crippen molar-refractivity contribution in [1.82, 2.24) is 24.6 Å². The number of thiophene rings is 1. The minimum atomic E-state index is -0.380. The number of nitrogens with two attached hydrogens (primary N) is 1. The highest BCUT2D eigenvalue weighted by molar-refractivity contribution is 7.18. The summed E-state index contributed by atoms with van der Waals surface area (Å²) in [4.78, 5) is 31.2. The van der Waals surface area contributed by atoms with Crippen molar-refractivity contribution in [2.75, 3.05) is 12.3 Å². The van der Waals surface area contributed by atoms with Gasteiger partial charge in [-0.1, -0.05) is 0 Å². The Labute approximate surface area is 204 Å². The third-order valence-electron chi connectivity index (χ3n) is 5.82. The zero-order chi connectivity index (χ0) is 25.1. The van der Waals surface area contributed by atoms with Crippen molar-refractivity contribution in [3.63, 3.8) is 0 Å². The quantitative estimate of drug-likeness (QED) is 0.363. The molecule has 4 rings (SSSR count). The lowest BCUT2D eigenvalue weighted by Crippen LogP contribution is -2.28. The molecule has 0 aliphatic rings. The summed E-state index contributed by atoms with van der Waals surface area (Å²) >= 11 is 1.49. The smallest absolute Gasteiger partial charge is 0.262 e. The second kappa shape index (κ2) is 10.1. The number of anilines is 1. The Balaban J connectivity index is 1.32. The number of hydrogen-bond donors (Lipinski definition) is 2. The van der Waals surface area contributed by atoms with E-state index in [2.05, 4.69) is 21.5 Å². The molecule has 180 valence electrons. The third kappa shape index (κ3) is 4.93. The zero-order valence-corrected chi connectivity index (χ0v) is 20.2. The fraction of sp³-hybridized carbons (Fsp3) is 0.292. The van der Waals surface area contributed by atoms with E-state index in [1.54, 1.807) is 0 Å². The SMILES string of the molecule is Cc1sc2ncn(CCC(=O)NCCCc3nn(-c4ccc(F)cc4)c(N)c3C#N)c(=O)c2c1C. The lowest BCUT2D eigenvalue weighted by molar-refractivity contribution is -0.121. The monoisotopic (exact) mass is 493 g/mol. The number of nitriles is 1. The van der Waals surface area contributed by atoms with Crippen molar-refractivity contribution in [2.45, 2.75) is 39.7 Å². The number of carbonyl (C=O) groups excluding carboxylic acids is 1. The van der Waals surface area contributed by atoms with Crippen LogP contribution in [0.2, 0.25) is 0 Å². The van der Waals surface area contributed by atoms with Gasteiger partial charge in [0, 0.05) is 24.4 Å². The molecule has 0 aliphatic carbocycles. The van der Waals surface area contributed by atoms with Gasteiger partial charge >= 0.3 is 0 Å². The Kier molecular flexibility index (Phi) is 6.93. The summed E-state index contributed by atoms with van der Waals surface area (Å²) in [5.74, 6) is -0.383. The molecule has 0 spiro atoms. The molecule has 0 fully saturated rings. The summed E-state index contributed by atoms with van der Waals surface area (Å²) in [6, 6.07) is 7.72. The number of nitrogens with zero attached hydrogens (tertiary/aromatic N) is 5. The minimum absolute atomic E-state index is 0.136. The van der Waals surface area contributed by atoms with Gasteiger partial charge < -0.3 is 11.1 Å². The predicted octanol–water partition coefficient (Wildman–Crippen LogP) is 2.99. The van der Waals surface area contributed by atoms with Gasteiger partial charge in [-0.05, 0) is 56.5 Å². The highest BCUT2D eigenvalue weighted by Gasteiger charge is 2.17. The summed E-state index contributed by atoms with van der Waals surface area (Å²) < 4.78 is 16.1. The fourth-order valence-electron chi connectivity index (χ4n) is 3.78. The van der Waals surface area contributed by atoms with Crippen LogP contribution in [0.5, 0.6) is 0 Å². The van der Waals surface area contributed by atoms with Crippen LogP contribution in [0.1, 0.15) is 34.5 Å². The largest absolute Gasteiger partial charge is 0.382 e. The zero-order valence-electron chi connectivity index (χ0n) is 19.3. The molecule has 3 aromatic heterocycles. The molecule has 4 aromatic rings. The standard InChI is InChI=1S/C24H24FN7O2S/c1-14-15(2)35-23-21(14)24(34)31(13-29-23)11-9-20(33)28-10-3-4-19-18(12-26)22(27)32(30-19)17-7-5-16(25)6-8-17/h5-8,13H,3-4,9-11,27H2,1-2H3,(H,28,33). The molecule has 11 heteroatoms. The van der Waals surface area contributed by atoms with Crippen molar-refractivity contribution in [2.24, 2.45) is 0 Å². The van der Waals surface area contributed by atoms with Crippen LogP contribution in [0, 0.1) is 31.0 Å². The Bertz CT molecular complexity index is 1500. The van der Waals surface area contributed by atoms with Crippen LogP contribution < -0.4 is 16.6 Å². The topological polar surface area (TPSA) is 132 Å². The molecular formula is C24H24FN7O2S.